The van der Waals surface area contributed by atoms with E-state index in [1.807, 2.05) is 42.5 Å². The Morgan fingerprint density at radius 2 is 1.91 bits per heavy atom. The summed E-state index contributed by atoms with van der Waals surface area (Å²) < 4.78 is 34.4. The molecule has 7 rings (SSSR count). The van der Waals surface area contributed by atoms with E-state index >= 15 is 0 Å². The van der Waals surface area contributed by atoms with E-state index in [9.17, 15) is 32.4 Å². The van der Waals surface area contributed by atoms with Gasteiger partial charge in [0.1, 0.15) is 17.6 Å². The monoisotopic (exact) mass is 785 g/mol. The van der Waals surface area contributed by atoms with E-state index in [2.05, 4.69) is 32.0 Å². The maximum absolute atomic E-state index is 14.6. The van der Waals surface area contributed by atoms with Crippen molar-refractivity contribution >= 4 is 44.7 Å². The molecule has 2 aliphatic carbocycles. The minimum Gasteiger partial charge on any atom is -0.450 e. The van der Waals surface area contributed by atoms with E-state index in [4.69, 9.17) is 4.74 Å². The van der Waals surface area contributed by atoms with Crippen LogP contribution >= 0.6 is 0 Å². The lowest BCUT2D eigenvalue weighted by atomic mass is 9.85. The number of amides is 4. The number of nitrogens with zero attached hydrogens (tertiary/aromatic N) is 4. The van der Waals surface area contributed by atoms with Crippen molar-refractivity contribution in [1.82, 2.24) is 35.0 Å². The molecule has 4 aliphatic rings. The number of benzene rings is 1. The third kappa shape index (κ3) is 7.71. The second-order valence-electron chi connectivity index (χ2n) is 16.2. The van der Waals surface area contributed by atoms with Gasteiger partial charge in [-0.1, -0.05) is 57.2 Å². The van der Waals surface area contributed by atoms with Crippen LogP contribution in [0.5, 0.6) is 0 Å². The molecule has 296 valence electrons. The lowest BCUT2D eigenvalue weighted by Gasteiger charge is -2.35. The fraction of sp³-hybridized carbons (Fsp3) is 0.475. The third-order valence-corrected chi connectivity index (χ3v) is 12.9. The summed E-state index contributed by atoms with van der Waals surface area (Å²) in [4.78, 5) is 75.9. The standard InChI is InChI=1S/C40H47N7O8S/c1-5-26-21-40(26,37(51)45-56(53,54)28-15-16-28)44-34(48)32-20-27-23-46(32)36(50)33(39(2,3)4)43-38(52)55-18-9-7-6-8-12-29-30(22-42-47(27)35(29)49)25-14-13-24-11-10-17-41-31(24)19-25/h5-6,8,10-11,13-14,17,19,22,26-28,32-33H,1,7,9,12,15-16,18,20-21,23H2,2-4H3,(H,43,52)(H,44,48)(H,45,51)/b8-6+/t26-,27?,32+,33-,40?/m1/s1. The number of hydrogen-bond donors (Lipinski definition) is 3. The second-order valence-corrected chi connectivity index (χ2v) is 18.1. The molecule has 3 N–H and O–H groups in total. The number of allylic oxidation sites excluding steroid dienone is 2. The molecule has 4 heterocycles. The first-order valence-electron chi connectivity index (χ1n) is 19.0. The van der Waals surface area contributed by atoms with Gasteiger partial charge in [-0.05, 0) is 61.6 Å². The first-order chi connectivity index (χ1) is 26.6. The van der Waals surface area contributed by atoms with Gasteiger partial charge in [0.05, 0.1) is 29.6 Å². The van der Waals surface area contributed by atoms with E-state index in [0.29, 0.717) is 36.8 Å². The summed E-state index contributed by atoms with van der Waals surface area (Å²) in [5, 5.41) is 10.4. The Morgan fingerprint density at radius 1 is 1.12 bits per heavy atom. The van der Waals surface area contributed by atoms with Crippen LogP contribution in [0.1, 0.15) is 70.9 Å². The summed E-state index contributed by atoms with van der Waals surface area (Å²) >= 11 is 0. The number of fused-ring (bicyclic) bond motifs is 6. The predicted molar refractivity (Wildman–Crippen MR) is 207 cm³/mol. The number of rotatable bonds is 7. The average molecular weight is 786 g/mol. The highest BCUT2D eigenvalue weighted by molar-refractivity contribution is 7.91. The molecule has 1 aromatic carbocycles. The maximum atomic E-state index is 14.6. The molecule has 4 amide bonds. The van der Waals surface area contributed by atoms with Gasteiger partial charge in [-0.15, -0.1) is 6.58 Å². The Bertz CT molecular complexity index is 2300. The zero-order valence-electron chi connectivity index (χ0n) is 31.7. The molecule has 15 nitrogen and oxygen atoms in total. The molecule has 16 heteroatoms. The first kappa shape index (κ1) is 38.9. The Labute approximate surface area is 325 Å². The van der Waals surface area contributed by atoms with E-state index in [1.54, 1.807) is 33.2 Å². The largest absolute Gasteiger partial charge is 0.450 e. The number of pyridine rings is 1. The SMILES string of the molecule is C=C[C@@H]1CC1(NC(=O)[C@@H]1CC2CN1C(=O)[C@H](C(C)(C)C)NC(=O)OCCC/C=C/Cc1c(-c3ccc4cccnc4c3)cnn2c1=O)C(=O)NS(=O)(=O)C1CC1. The van der Waals surface area contributed by atoms with Crippen LogP contribution in [0.3, 0.4) is 0 Å². The highest BCUT2D eigenvalue weighted by Crippen LogP contribution is 2.46. The highest BCUT2D eigenvalue weighted by Gasteiger charge is 2.62. The van der Waals surface area contributed by atoms with Crippen molar-refractivity contribution in [3.05, 3.63) is 83.4 Å². The van der Waals surface area contributed by atoms with Crippen molar-refractivity contribution in [2.24, 2.45) is 11.3 Å². The normalized spacial score (nSPS) is 26.4. The van der Waals surface area contributed by atoms with Crippen LogP contribution in [-0.4, -0.2) is 87.9 Å². The minimum absolute atomic E-state index is 0.0584. The number of aromatic nitrogens is 3. The summed E-state index contributed by atoms with van der Waals surface area (Å²) in [6.45, 7) is 9.04. The van der Waals surface area contributed by atoms with Crippen LogP contribution in [0.2, 0.25) is 0 Å². The maximum Gasteiger partial charge on any atom is 0.407 e. The van der Waals surface area contributed by atoms with E-state index in [-0.39, 0.29) is 32.4 Å². The van der Waals surface area contributed by atoms with Gasteiger partial charge >= 0.3 is 6.09 Å². The van der Waals surface area contributed by atoms with Crippen molar-refractivity contribution in [2.75, 3.05) is 13.2 Å². The highest BCUT2D eigenvalue weighted by atomic mass is 32.2. The minimum atomic E-state index is -3.93. The van der Waals surface area contributed by atoms with Gasteiger partial charge in [-0.2, -0.15) is 5.10 Å². The zero-order chi connectivity index (χ0) is 40.0. The summed E-state index contributed by atoms with van der Waals surface area (Å²) in [5.74, 6) is -2.74. The number of cyclic esters (lactones) is 1. The molecular formula is C40H47N7O8S. The Balaban J connectivity index is 1.27. The summed E-state index contributed by atoms with van der Waals surface area (Å²) in [7, 11) is -3.93. The van der Waals surface area contributed by atoms with Crippen LogP contribution in [-0.2, 0) is 35.6 Å². The van der Waals surface area contributed by atoms with Gasteiger partial charge in [0.15, 0.2) is 0 Å². The van der Waals surface area contributed by atoms with Crippen molar-refractivity contribution in [1.29, 1.82) is 0 Å². The van der Waals surface area contributed by atoms with Gasteiger partial charge in [0, 0.05) is 41.6 Å². The number of nitrogens with one attached hydrogen (secondary N) is 3. The number of ether oxygens (including phenoxy) is 1. The Hall–Kier alpha value is -5.38. The van der Waals surface area contributed by atoms with Crippen molar-refractivity contribution in [3.63, 3.8) is 0 Å². The lowest BCUT2D eigenvalue weighted by Crippen LogP contribution is -2.60. The predicted octanol–water partition coefficient (Wildman–Crippen LogP) is 3.30. The van der Waals surface area contributed by atoms with E-state index in [1.165, 1.54) is 15.7 Å². The molecule has 2 aromatic heterocycles. The number of alkyl carbamates (subject to hydrolysis) is 1. The van der Waals surface area contributed by atoms with Crippen molar-refractivity contribution in [3.8, 4) is 11.1 Å². The summed E-state index contributed by atoms with van der Waals surface area (Å²) in [6.07, 6.45) is 10.1. The van der Waals surface area contributed by atoms with Crippen LogP contribution in [0.25, 0.3) is 22.0 Å². The van der Waals surface area contributed by atoms with Crippen LogP contribution in [0, 0.1) is 11.3 Å². The molecule has 2 unspecified atom stereocenters. The molecule has 4 bridgehead atoms. The topological polar surface area (TPSA) is 199 Å². The van der Waals surface area contributed by atoms with Crippen LogP contribution < -0.4 is 20.9 Å². The smallest absolute Gasteiger partial charge is 0.407 e. The fourth-order valence-corrected chi connectivity index (χ4v) is 8.97. The molecule has 0 radical (unpaired) electrons. The van der Waals surface area contributed by atoms with Gasteiger partial charge in [0.2, 0.25) is 21.8 Å². The van der Waals surface area contributed by atoms with E-state index < -0.39 is 79.6 Å². The van der Waals surface area contributed by atoms with Gasteiger partial charge in [0.25, 0.3) is 11.5 Å². The van der Waals surface area contributed by atoms with Crippen LogP contribution in [0.15, 0.2) is 72.3 Å². The molecule has 3 fully saturated rings. The summed E-state index contributed by atoms with van der Waals surface area (Å²) in [6, 6.07) is 6.38. The molecule has 2 aliphatic heterocycles. The number of carbonyl (C=O) groups is 4. The van der Waals surface area contributed by atoms with Crippen molar-refractivity contribution < 1.29 is 32.3 Å². The fourth-order valence-electron chi connectivity index (χ4n) is 7.61. The molecule has 3 aromatic rings. The average Bonchev–Trinajstić information content (AvgIpc) is 4.09. The third-order valence-electron chi connectivity index (χ3n) is 11.1. The Morgan fingerprint density at radius 3 is 2.62 bits per heavy atom. The lowest BCUT2D eigenvalue weighted by molar-refractivity contribution is -0.142. The Kier molecular flexibility index (Phi) is 10.4. The molecule has 2 saturated carbocycles. The second kappa shape index (κ2) is 14.9. The number of carbonyl (C=O) groups excluding carboxylic acids is 4. The van der Waals surface area contributed by atoms with Gasteiger partial charge < -0.3 is 20.3 Å². The molecule has 56 heavy (non-hydrogen) atoms. The van der Waals surface area contributed by atoms with Gasteiger partial charge in [-0.3, -0.25) is 28.9 Å². The quantitative estimate of drug-likeness (QED) is 0.299. The molecule has 5 atom stereocenters. The molecule has 1 saturated heterocycles. The van der Waals surface area contributed by atoms with Crippen LogP contribution in [0.4, 0.5) is 4.79 Å². The first-order valence-corrected chi connectivity index (χ1v) is 20.5. The van der Waals surface area contributed by atoms with Crippen molar-refractivity contribution in [2.45, 2.75) is 94.6 Å². The molecule has 0 spiro atoms. The van der Waals surface area contributed by atoms with E-state index in [0.717, 1.165) is 16.5 Å². The zero-order valence-corrected chi connectivity index (χ0v) is 32.5. The number of sulfonamides is 1. The molecular weight excluding hydrogens is 739 g/mol. The van der Waals surface area contributed by atoms with Gasteiger partial charge in [-0.25, -0.2) is 17.9 Å². The summed E-state index contributed by atoms with van der Waals surface area (Å²) in [5.41, 5.74) is -0.257. The number of hydrogen-bond acceptors (Lipinski definition) is 10.